The normalized spacial score (nSPS) is 45.1. The topological polar surface area (TPSA) is 85.4 Å². The van der Waals surface area contributed by atoms with Crippen LogP contribution in [0.15, 0.2) is 11.6 Å². The molecule has 2 saturated heterocycles. The molecule has 0 aromatic heterocycles. The highest BCUT2D eigenvalue weighted by Crippen LogP contribution is 2.47. The van der Waals surface area contributed by atoms with Crippen LogP contribution in [-0.2, 0) is 23.8 Å². The molecule has 1 N–H and O–H groups in total. The van der Waals surface area contributed by atoms with Crippen molar-refractivity contribution in [2.24, 2.45) is 11.8 Å². The Morgan fingerprint density at radius 3 is 2.91 bits per heavy atom. The first-order chi connectivity index (χ1) is 10.8. The molecule has 0 spiro atoms. The summed E-state index contributed by atoms with van der Waals surface area (Å²) in [5, 5.41) is 9.73. The molecule has 0 amide bonds. The minimum absolute atomic E-state index is 0.00618. The summed E-state index contributed by atoms with van der Waals surface area (Å²) < 4.78 is 16.7. The first kappa shape index (κ1) is 16.5. The van der Waals surface area contributed by atoms with E-state index in [-0.39, 0.29) is 42.2 Å². The third-order valence-corrected chi connectivity index (χ3v) is 5.41. The maximum atomic E-state index is 11.9. The molecule has 23 heavy (non-hydrogen) atoms. The van der Waals surface area contributed by atoms with E-state index < -0.39 is 12.1 Å². The molecular weight excluding hydrogens is 300 g/mol. The minimum atomic E-state index is -0.544. The van der Waals surface area contributed by atoms with Crippen LogP contribution < -0.4 is 0 Å². The van der Waals surface area contributed by atoms with Gasteiger partial charge in [-0.1, -0.05) is 6.92 Å². The summed E-state index contributed by atoms with van der Waals surface area (Å²) in [6, 6.07) is 0. The number of carbonyl (C=O) groups is 2. The van der Waals surface area contributed by atoms with Gasteiger partial charge in [0.1, 0.15) is 12.2 Å². The van der Waals surface area contributed by atoms with E-state index in [1.807, 2.05) is 13.8 Å². The maximum absolute atomic E-state index is 11.9. The number of aliphatic hydroxyl groups is 1. The molecule has 0 unspecified atom stereocenters. The van der Waals surface area contributed by atoms with Crippen LogP contribution in [0.2, 0.25) is 0 Å². The predicted molar refractivity (Wildman–Crippen MR) is 80.4 cm³/mol. The van der Waals surface area contributed by atoms with Crippen molar-refractivity contribution in [1.29, 1.82) is 0 Å². The summed E-state index contributed by atoms with van der Waals surface area (Å²) in [5.74, 6) is -0.734. The highest BCUT2D eigenvalue weighted by atomic mass is 16.6. The Balaban J connectivity index is 1.92. The summed E-state index contributed by atoms with van der Waals surface area (Å²) in [6.07, 6.45) is 3.04. The minimum Gasteiger partial charge on any atom is -0.458 e. The Bertz CT molecular complexity index is 541. The van der Waals surface area contributed by atoms with E-state index in [1.165, 1.54) is 6.92 Å². The number of rotatable bonds is 2. The van der Waals surface area contributed by atoms with Crippen molar-refractivity contribution in [1.82, 2.24) is 0 Å². The average molecular weight is 324 g/mol. The van der Waals surface area contributed by atoms with Crippen LogP contribution in [0, 0.1) is 11.8 Å². The van der Waals surface area contributed by atoms with Crippen LogP contribution in [0.3, 0.4) is 0 Å². The predicted octanol–water partition coefficient (Wildman–Crippen LogP) is 1.36. The van der Waals surface area contributed by atoms with Gasteiger partial charge in [0, 0.05) is 19.3 Å². The van der Waals surface area contributed by atoms with Crippen LogP contribution in [0.1, 0.15) is 40.0 Å². The lowest BCUT2D eigenvalue weighted by atomic mass is 9.82. The van der Waals surface area contributed by atoms with Crippen LogP contribution in [-0.4, -0.2) is 47.6 Å². The van der Waals surface area contributed by atoms with Gasteiger partial charge in [-0.25, -0.2) is 0 Å². The zero-order valence-corrected chi connectivity index (χ0v) is 13.8. The van der Waals surface area contributed by atoms with Gasteiger partial charge in [-0.05, 0) is 31.4 Å². The number of hydrogen-bond acceptors (Lipinski definition) is 6. The Labute approximate surface area is 135 Å². The van der Waals surface area contributed by atoms with Gasteiger partial charge < -0.3 is 19.3 Å². The number of hydrogen-bond donors (Lipinski definition) is 1. The third-order valence-electron chi connectivity index (χ3n) is 5.41. The molecule has 1 aliphatic carbocycles. The molecule has 0 bridgehead atoms. The Morgan fingerprint density at radius 1 is 1.52 bits per heavy atom. The smallest absolute Gasteiger partial charge is 0.309 e. The van der Waals surface area contributed by atoms with Crippen molar-refractivity contribution in [3.05, 3.63) is 11.6 Å². The molecule has 6 atom stereocenters. The van der Waals surface area contributed by atoms with Gasteiger partial charge in [-0.15, -0.1) is 0 Å². The first-order valence-corrected chi connectivity index (χ1v) is 8.21. The molecule has 128 valence electrons. The van der Waals surface area contributed by atoms with Crippen molar-refractivity contribution in [2.45, 2.75) is 63.9 Å². The van der Waals surface area contributed by atoms with E-state index in [2.05, 4.69) is 0 Å². The fourth-order valence-electron chi connectivity index (χ4n) is 3.76. The largest absolute Gasteiger partial charge is 0.458 e. The fourth-order valence-corrected chi connectivity index (χ4v) is 3.76. The van der Waals surface area contributed by atoms with Crippen LogP contribution in [0.4, 0.5) is 0 Å². The van der Waals surface area contributed by atoms with E-state index in [1.54, 1.807) is 6.08 Å². The average Bonchev–Trinajstić information content (AvgIpc) is 3.03. The zero-order chi connectivity index (χ0) is 16.8. The van der Waals surface area contributed by atoms with Gasteiger partial charge in [0.2, 0.25) is 0 Å². The molecular formula is C17H24O6. The number of carbonyl (C=O) groups excluding carboxylic acids is 2. The highest BCUT2D eigenvalue weighted by molar-refractivity contribution is 5.75. The van der Waals surface area contributed by atoms with Crippen LogP contribution >= 0.6 is 0 Å². The Kier molecular flexibility index (Phi) is 4.23. The second kappa shape index (κ2) is 5.91. The first-order valence-electron chi connectivity index (χ1n) is 8.21. The van der Waals surface area contributed by atoms with Crippen molar-refractivity contribution < 1.29 is 28.9 Å². The second-order valence-corrected chi connectivity index (χ2v) is 7.05. The van der Waals surface area contributed by atoms with Crippen LogP contribution in [0.5, 0.6) is 0 Å². The maximum Gasteiger partial charge on any atom is 0.309 e. The number of epoxide rings is 1. The molecule has 0 aromatic rings. The molecule has 2 fully saturated rings. The molecule has 2 heterocycles. The van der Waals surface area contributed by atoms with E-state index >= 15 is 0 Å². The Hall–Kier alpha value is -1.40. The van der Waals surface area contributed by atoms with E-state index in [0.29, 0.717) is 12.0 Å². The fraction of sp³-hybridized carbons (Fsp3) is 0.765. The monoisotopic (exact) mass is 324 g/mol. The summed E-state index contributed by atoms with van der Waals surface area (Å²) in [7, 11) is 0. The molecule has 3 aliphatic rings. The molecule has 6 heteroatoms. The van der Waals surface area contributed by atoms with Gasteiger partial charge >= 0.3 is 11.9 Å². The number of fused-ring (bicyclic) bond motifs is 2. The number of aliphatic hydroxyl groups excluding tert-OH is 1. The van der Waals surface area contributed by atoms with E-state index in [0.717, 1.165) is 12.8 Å². The SMILES string of the molecule is CC(=O)O[C@H]1C[C@H]2O[C@]2(C)CC[C@@H]2[C@@H](/C=C\1CO)OC(=O)[C@@H]2C. The lowest BCUT2D eigenvalue weighted by Gasteiger charge is -2.24. The lowest BCUT2D eigenvalue weighted by molar-refractivity contribution is -0.146. The molecule has 3 rings (SSSR count). The zero-order valence-electron chi connectivity index (χ0n) is 13.8. The van der Waals surface area contributed by atoms with Crippen molar-refractivity contribution in [3.63, 3.8) is 0 Å². The van der Waals surface area contributed by atoms with E-state index in [9.17, 15) is 14.7 Å². The summed E-state index contributed by atoms with van der Waals surface area (Å²) in [4.78, 5) is 23.3. The van der Waals surface area contributed by atoms with Gasteiger partial charge in [-0.2, -0.15) is 0 Å². The summed E-state index contributed by atoms with van der Waals surface area (Å²) >= 11 is 0. The molecule has 0 saturated carbocycles. The highest BCUT2D eigenvalue weighted by Gasteiger charge is 2.55. The van der Waals surface area contributed by atoms with Crippen molar-refractivity contribution in [2.75, 3.05) is 6.61 Å². The van der Waals surface area contributed by atoms with Crippen molar-refractivity contribution >= 4 is 11.9 Å². The van der Waals surface area contributed by atoms with E-state index in [4.69, 9.17) is 14.2 Å². The molecule has 6 nitrogen and oxygen atoms in total. The van der Waals surface area contributed by atoms with Gasteiger partial charge in [-0.3, -0.25) is 9.59 Å². The quantitative estimate of drug-likeness (QED) is 0.469. The molecule has 0 radical (unpaired) electrons. The molecule has 2 aliphatic heterocycles. The lowest BCUT2D eigenvalue weighted by Crippen LogP contribution is -2.29. The Morgan fingerprint density at radius 2 is 2.26 bits per heavy atom. The van der Waals surface area contributed by atoms with Gasteiger partial charge in [0.25, 0.3) is 0 Å². The second-order valence-electron chi connectivity index (χ2n) is 7.05. The van der Waals surface area contributed by atoms with Gasteiger partial charge in [0.05, 0.1) is 24.2 Å². The number of esters is 2. The molecule has 0 aromatic carbocycles. The van der Waals surface area contributed by atoms with Crippen molar-refractivity contribution in [3.8, 4) is 0 Å². The van der Waals surface area contributed by atoms with Crippen LogP contribution in [0.25, 0.3) is 0 Å². The summed E-state index contributed by atoms with van der Waals surface area (Å²) in [5.41, 5.74) is 0.337. The standard InChI is InChI=1S/C17H24O6/c1-9-12-4-5-17(3)15(23-17)7-13(21-10(2)19)11(8-18)6-14(12)22-16(9)20/h6,9,12-15,18H,4-5,7-8H2,1-3H3/b11-6-/t9-,12+,13+,14-,15-,17-/m1/s1. The van der Waals surface area contributed by atoms with Gasteiger partial charge in [0.15, 0.2) is 0 Å². The third kappa shape index (κ3) is 3.15. The number of ether oxygens (including phenoxy) is 3. The summed E-state index contributed by atoms with van der Waals surface area (Å²) in [6.45, 7) is 5.03.